The molecule has 0 aliphatic rings. The number of benzene rings is 1. The number of carbonyl (C=O) groups is 2. The lowest BCUT2D eigenvalue weighted by atomic mass is 10.2. The summed E-state index contributed by atoms with van der Waals surface area (Å²) in [7, 11) is 3.81. The van der Waals surface area contributed by atoms with Crippen LogP contribution >= 0.6 is 34.5 Å². The van der Waals surface area contributed by atoms with Crippen molar-refractivity contribution in [3.8, 4) is 10.6 Å². The summed E-state index contributed by atoms with van der Waals surface area (Å²) in [6.07, 6.45) is 0. The molecule has 6 nitrogen and oxygen atoms in total. The largest absolute Gasteiger partial charge is 0.459 e. The zero-order chi connectivity index (χ0) is 21.8. The topological polar surface area (TPSA) is 62.7 Å². The molecule has 9 heteroatoms. The van der Waals surface area contributed by atoms with Crippen LogP contribution in [0.1, 0.15) is 31.3 Å². The number of aromatic nitrogens is 1. The summed E-state index contributed by atoms with van der Waals surface area (Å²) in [4.78, 5) is 33.1. The number of hydrogen-bond donors (Lipinski definition) is 0. The first-order valence-corrected chi connectivity index (χ1v) is 10.7. The van der Waals surface area contributed by atoms with Crippen LogP contribution < -0.4 is 0 Å². The second-order valence-electron chi connectivity index (χ2n) is 7.78. The zero-order valence-corrected chi connectivity index (χ0v) is 19.5. The molecule has 0 unspecified atom stereocenters. The zero-order valence-electron chi connectivity index (χ0n) is 17.2. The second-order valence-corrected chi connectivity index (χ2v) is 9.46. The van der Waals surface area contributed by atoms with Crippen molar-refractivity contribution in [2.75, 3.05) is 33.7 Å². The van der Waals surface area contributed by atoms with Gasteiger partial charge in [0.15, 0.2) is 0 Å². The van der Waals surface area contributed by atoms with Crippen LogP contribution in [0.3, 0.4) is 0 Å². The lowest BCUT2D eigenvalue weighted by molar-refractivity contribution is -0.155. The van der Waals surface area contributed by atoms with Crippen LogP contribution in [0.2, 0.25) is 10.0 Å². The highest BCUT2D eigenvalue weighted by molar-refractivity contribution is 7.13. The summed E-state index contributed by atoms with van der Waals surface area (Å²) in [5, 5.41) is 3.20. The summed E-state index contributed by atoms with van der Waals surface area (Å²) in [6, 6.07) is 5.20. The first-order chi connectivity index (χ1) is 13.5. The number of esters is 1. The van der Waals surface area contributed by atoms with Gasteiger partial charge in [0.2, 0.25) is 0 Å². The van der Waals surface area contributed by atoms with Crippen molar-refractivity contribution in [3.05, 3.63) is 39.3 Å². The minimum Gasteiger partial charge on any atom is -0.459 e. The Morgan fingerprint density at radius 1 is 1.14 bits per heavy atom. The number of nitrogens with zero attached hydrogens (tertiary/aromatic N) is 3. The Hall–Kier alpha value is -1.67. The predicted octanol–water partition coefficient (Wildman–Crippen LogP) is 4.46. The molecule has 158 valence electrons. The molecule has 0 spiro atoms. The maximum absolute atomic E-state index is 13.0. The Morgan fingerprint density at radius 3 is 2.41 bits per heavy atom. The number of halogens is 2. The number of carbonyl (C=O) groups excluding carboxylic acids is 2. The molecule has 0 saturated heterocycles. The van der Waals surface area contributed by atoms with Crippen molar-refractivity contribution >= 4 is 46.4 Å². The Bertz CT molecular complexity index is 878. The minimum atomic E-state index is -0.616. The van der Waals surface area contributed by atoms with Gasteiger partial charge >= 0.3 is 5.97 Å². The third-order valence-electron chi connectivity index (χ3n) is 3.73. The molecule has 0 fully saturated rings. The molecule has 1 heterocycles. The van der Waals surface area contributed by atoms with Gasteiger partial charge in [0.1, 0.15) is 22.8 Å². The average molecular weight is 458 g/mol. The molecule has 1 aromatic carbocycles. The molecule has 0 bridgehead atoms. The Labute approximate surface area is 185 Å². The van der Waals surface area contributed by atoms with Gasteiger partial charge in [-0.3, -0.25) is 9.59 Å². The molecule has 1 amide bonds. The molecule has 0 saturated carbocycles. The number of amides is 1. The molecular weight excluding hydrogens is 433 g/mol. The van der Waals surface area contributed by atoms with Crippen LogP contribution in [-0.2, 0) is 9.53 Å². The van der Waals surface area contributed by atoms with Crippen molar-refractivity contribution in [1.29, 1.82) is 0 Å². The Balaban J connectivity index is 2.20. The third kappa shape index (κ3) is 7.26. The minimum absolute atomic E-state index is 0.135. The predicted molar refractivity (Wildman–Crippen MR) is 118 cm³/mol. The van der Waals surface area contributed by atoms with Gasteiger partial charge in [-0.15, -0.1) is 11.3 Å². The van der Waals surface area contributed by atoms with Crippen molar-refractivity contribution in [1.82, 2.24) is 14.8 Å². The monoisotopic (exact) mass is 457 g/mol. The van der Waals surface area contributed by atoms with Crippen molar-refractivity contribution in [2.45, 2.75) is 26.4 Å². The van der Waals surface area contributed by atoms with Gasteiger partial charge in [-0.1, -0.05) is 29.3 Å². The fraction of sp³-hybridized carbons (Fsp3) is 0.450. The van der Waals surface area contributed by atoms with E-state index < -0.39 is 11.6 Å². The molecular formula is C20H25Cl2N3O3S. The highest BCUT2D eigenvalue weighted by atomic mass is 35.5. The second kappa shape index (κ2) is 9.89. The standard InChI is InChI=1S/C20H25Cl2N3O3S/c1-20(2,3)28-17(26)11-25(9-8-24(4)5)19(27)16-12-29-18(23-16)13-6-7-14(21)15(22)10-13/h6-7,10,12H,8-9,11H2,1-5H3. The molecule has 0 radical (unpaired) electrons. The fourth-order valence-electron chi connectivity index (χ4n) is 2.40. The lowest BCUT2D eigenvalue weighted by Gasteiger charge is -2.25. The molecule has 0 N–H and O–H groups in total. The summed E-state index contributed by atoms with van der Waals surface area (Å²) < 4.78 is 5.37. The van der Waals surface area contributed by atoms with Gasteiger partial charge in [0, 0.05) is 24.0 Å². The van der Waals surface area contributed by atoms with E-state index in [4.69, 9.17) is 27.9 Å². The molecule has 29 heavy (non-hydrogen) atoms. The van der Waals surface area contributed by atoms with Gasteiger partial charge in [0.25, 0.3) is 5.91 Å². The normalized spacial score (nSPS) is 11.6. The number of thiazole rings is 1. The van der Waals surface area contributed by atoms with E-state index in [0.717, 1.165) is 5.56 Å². The van der Waals surface area contributed by atoms with Crippen molar-refractivity contribution in [2.24, 2.45) is 0 Å². The smallest absolute Gasteiger partial charge is 0.326 e. The highest BCUT2D eigenvalue weighted by Gasteiger charge is 2.25. The summed E-state index contributed by atoms with van der Waals surface area (Å²) >= 11 is 13.4. The van der Waals surface area contributed by atoms with E-state index in [1.807, 2.05) is 19.0 Å². The maximum Gasteiger partial charge on any atom is 0.326 e. The van der Waals surface area contributed by atoms with E-state index in [0.29, 0.717) is 28.1 Å². The van der Waals surface area contributed by atoms with Crippen LogP contribution in [0, 0.1) is 0 Å². The van der Waals surface area contributed by atoms with Gasteiger partial charge in [0.05, 0.1) is 10.0 Å². The summed E-state index contributed by atoms with van der Waals surface area (Å²) in [5.74, 6) is -0.773. The number of hydrogen-bond acceptors (Lipinski definition) is 6. The van der Waals surface area contributed by atoms with Crippen molar-refractivity contribution in [3.63, 3.8) is 0 Å². The molecule has 0 atom stereocenters. The molecule has 0 aliphatic heterocycles. The van der Waals surface area contributed by atoms with Gasteiger partial charge in [-0.2, -0.15) is 0 Å². The van der Waals surface area contributed by atoms with Gasteiger partial charge in [-0.05, 0) is 47.0 Å². The number of ether oxygens (including phenoxy) is 1. The average Bonchev–Trinajstić information content (AvgIpc) is 3.08. The van der Waals surface area contributed by atoms with Crippen LogP contribution in [0.15, 0.2) is 23.6 Å². The fourth-order valence-corrected chi connectivity index (χ4v) is 3.49. The van der Waals surface area contributed by atoms with E-state index in [-0.39, 0.29) is 18.1 Å². The van der Waals surface area contributed by atoms with Gasteiger partial charge < -0.3 is 14.5 Å². The number of likely N-dealkylation sites (N-methyl/N-ethyl adjacent to an activating group) is 1. The Morgan fingerprint density at radius 2 is 1.83 bits per heavy atom. The van der Waals surface area contributed by atoms with E-state index in [9.17, 15) is 9.59 Å². The Kier molecular flexibility index (Phi) is 8.05. The van der Waals surface area contributed by atoms with E-state index >= 15 is 0 Å². The highest BCUT2D eigenvalue weighted by Crippen LogP contribution is 2.30. The summed E-state index contributed by atoms with van der Waals surface area (Å²) in [6.45, 7) is 6.23. The lowest BCUT2D eigenvalue weighted by Crippen LogP contribution is -2.42. The van der Waals surface area contributed by atoms with E-state index in [1.54, 1.807) is 44.4 Å². The van der Waals surface area contributed by atoms with Crippen LogP contribution in [0.5, 0.6) is 0 Å². The van der Waals surface area contributed by atoms with Crippen LogP contribution in [-0.4, -0.2) is 66.0 Å². The van der Waals surface area contributed by atoms with Crippen molar-refractivity contribution < 1.29 is 14.3 Å². The third-order valence-corrected chi connectivity index (χ3v) is 5.36. The molecule has 2 aromatic rings. The maximum atomic E-state index is 13.0. The molecule has 1 aromatic heterocycles. The summed E-state index contributed by atoms with van der Waals surface area (Å²) in [5.41, 5.74) is 0.434. The SMILES string of the molecule is CN(C)CCN(CC(=O)OC(C)(C)C)C(=O)c1csc(-c2ccc(Cl)c(Cl)c2)n1. The quantitative estimate of drug-likeness (QED) is 0.574. The number of rotatable bonds is 7. The van der Waals surface area contributed by atoms with E-state index in [2.05, 4.69) is 4.98 Å². The molecule has 2 rings (SSSR count). The first kappa shape index (κ1) is 23.6. The molecule has 0 aliphatic carbocycles. The van der Waals surface area contributed by atoms with Crippen LogP contribution in [0.25, 0.3) is 10.6 Å². The van der Waals surface area contributed by atoms with E-state index in [1.165, 1.54) is 16.2 Å². The first-order valence-electron chi connectivity index (χ1n) is 9.03. The van der Waals surface area contributed by atoms with Crippen LogP contribution in [0.4, 0.5) is 0 Å². The van der Waals surface area contributed by atoms with Gasteiger partial charge in [-0.25, -0.2) is 4.98 Å².